The maximum Gasteiger partial charge on any atom is -0.00195 e. The fourth-order valence-electron chi connectivity index (χ4n) is 2.85. The predicted octanol–water partition coefficient (Wildman–Crippen LogP) is 2.84. The van der Waals surface area contributed by atoms with Gasteiger partial charge in [0.1, 0.15) is 0 Å². The molecule has 0 atom stereocenters. The average Bonchev–Trinajstić information content (AvgIpc) is 2.25. The molecule has 0 aromatic carbocycles. The Balaban J connectivity index is 2.45. The second-order valence-electron chi connectivity index (χ2n) is 6.17. The molecule has 0 saturated heterocycles. The van der Waals surface area contributed by atoms with Crippen molar-refractivity contribution in [3.8, 4) is 0 Å². The van der Waals surface area contributed by atoms with E-state index < -0.39 is 0 Å². The Morgan fingerprint density at radius 3 is 1.56 bits per heavy atom. The van der Waals surface area contributed by atoms with Crippen LogP contribution in [0.5, 0.6) is 0 Å². The molecular formula is C14H30N2. The maximum atomic E-state index is 2.34. The standard InChI is InChI=1S/C14H30N2/c1-15(2)12-10-14(11-13-16(3)4)8-6-5-7-9-14/h5-13H2,1-4H3. The van der Waals surface area contributed by atoms with Crippen LogP contribution in [-0.2, 0) is 0 Å². The molecule has 2 heteroatoms. The fraction of sp³-hybridized carbons (Fsp3) is 1.00. The molecule has 1 saturated carbocycles. The van der Waals surface area contributed by atoms with Gasteiger partial charge in [0, 0.05) is 0 Å². The van der Waals surface area contributed by atoms with Crippen LogP contribution in [0.25, 0.3) is 0 Å². The Morgan fingerprint density at radius 2 is 1.19 bits per heavy atom. The molecule has 16 heavy (non-hydrogen) atoms. The summed E-state index contributed by atoms with van der Waals surface area (Å²) in [6, 6.07) is 0. The van der Waals surface area contributed by atoms with Gasteiger partial charge in [-0.3, -0.25) is 0 Å². The summed E-state index contributed by atoms with van der Waals surface area (Å²) in [6.07, 6.45) is 10.1. The number of nitrogens with zero attached hydrogens (tertiary/aromatic N) is 2. The zero-order valence-electron chi connectivity index (χ0n) is 11.8. The molecule has 0 amide bonds. The third-order valence-electron chi connectivity index (χ3n) is 4.09. The van der Waals surface area contributed by atoms with Gasteiger partial charge in [0.2, 0.25) is 0 Å². The lowest BCUT2D eigenvalue weighted by Crippen LogP contribution is -2.32. The summed E-state index contributed by atoms with van der Waals surface area (Å²) in [7, 11) is 8.79. The molecule has 1 rings (SSSR count). The Morgan fingerprint density at radius 1 is 0.750 bits per heavy atom. The van der Waals surface area contributed by atoms with Gasteiger partial charge < -0.3 is 9.80 Å². The second kappa shape index (κ2) is 6.61. The molecular weight excluding hydrogens is 196 g/mol. The van der Waals surface area contributed by atoms with E-state index in [2.05, 4.69) is 38.0 Å². The van der Waals surface area contributed by atoms with Crippen molar-refractivity contribution in [3.05, 3.63) is 0 Å². The molecule has 96 valence electrons. The van der Waals surface area contributed by atoms with Gasteiger partial charge in [-0.25, -0.2) is 0 Å². The molecule has 0 aromatic heterocycles. The van der Waals surface area contributed by atoms with Crippen LogP contribution in [0, 0.1) is 5.41 Å². The van der Waals surface area contributed by atoms with Crippen LogP contribution in [0.1, 0.15) is 44.9 Å². The van der Waals surface area contributed by atoms with Crippen LogP contribution in [0.4, 0.5) is 0 Å². The quantitative estimate of drug-likeness (QED) is 0.687. The van der Waals surface area contributed by atoms with Crippen LogP contribution in [-0.4, -0.2) is 51.1 Å². The minimum Gasteiger partial charge on any atom is -0.309 e. The summed E-state index contributed by atoms with van der Waals surface area (Å²) < 4.78 is 0. The third-order valence-corrected chi connectivity index (χ3v) is 4.09. The fourth-order valence-corrected chi connectivity index (χ4v) is 2.85. The van der Waals surface area contributed by atoms with Gasteiger partial charge in [-0.2, -0.15) is 0 Å². The van der Waals surface area contributed by atoms with Gasteiger partial charge >= 0.3 is 0 Å². The van der Waals surface area contributed by atoms with E-state index in [1.807, 2.05) is 0 Å². The van der Waals surface area contributed by atoms with Crippen LogP contribution >= 0.6 is 0 Å². The van der Waals surface area contributed by atoms with E-state index in [0.717, 1.165) is 0 Å². The zero-order valence-corrected chi connectivity index (χ0v) is 11.8. The molecule has 0 bridgehead atoms. The van der Waals surface area contributed by atoms with Gasteiger partial charge in [-0.15, -0.1) is 0 Å². The molecule has 1 aliphatic carbocycles. The second-order valence-corrected chi connectivity index (χ2v) is 6.17. The lowest BCUT2D eigenvalue weighted by Gasteiger charge is -2.39. The van der Waals surface area contributed by atoms with E-state index in [-0.39, 0.29) is 0 Å². The lowest BCUT2D eigenvalue weighted by atomic mass is 9.69. The van der Waals surface area contributed by atoms with Gasteiger partial charge in [0.15, 0.2) is 0 Å². The third kappa shape index (κ3) is 4.84. The highest BCUT2D eigenvalue weighted by Gasteiger charge is 2.31. The van der Waals surface area contributed by atoms with Crippen molar-refractivity contribution in [2.75, 3.05) is 41.3 Å². The van der Waals surface area contributed by atoms with Crippen LogP contribution in [0.2, 0.25) is 0 Å². The molecule has 0 aliphatic heterocycles. The highest BCUT2D eigenvalue weighted by atomic mass is 15.1. The summed E-state index contributed by atoms with van der Waals surface area (Å²) in [5.41, 5.74) is 0.660. The van der Waals surface area contributed by atoms with Crippen molar-refractivity contribution in [1.29, 1.82) is 0 Å². The molecule has 0 spiro atoms. The molecule has 0 N–H and O–H groups in total. The van der Waals surface area contributed by atoms with Crippen LogP contribution in [0.15, 0.2) is 0 Å². The van der Waals surface area contributed by atoms with Gasteiger partial charge in [0.05, 0.1) is 0 Å². The summed E-state index contributed by atoms with van der Waals surface area (Å²) in [4.78, 5) is 4.68. The first-order valence-electron chi connectivity index (χ1n) is 6.84. The van der Waals surface area contributed by atoms with Crippen molar-refractivity contribution in [3.63, 3.8) is 0 Å². The Bertz CT molecular complexity index is 167. The minimum atomic E-state index is 0.660. The van der Waals surface area contributed by atoms with E-state index >= 15 is 0 Å². The molecule has 1 aliphatic rings. The first-order chi connectivity index (χ1) is 7.54. The highest BCUT2D eigenvalue weighted by molar-refractivity contribution is 4.84. The molecule has 0 heterocycles. The number of hydrogen-bond acceptors (Lipinski definition) is 2. The number of hydrogen-bond donors (Lipinski definition) is 0. The first kappa shape index (κ1) is 14.0. The number of rotatable bonds is 6. The Labute approximate surface area is 102 Å². The van der Waals surface area contributed by atoms with E-state index in [1.165, 1.54) is 58.0 Å². The lowest BCUT2D eigenvalue weighted by molar-refractivity contribution is 0.127. The molecule has 1 fully saturated rings. The van der Waals surface area contributed by atoms with Crippen molar-refractivity contribution >= 4 is 0 Å². The van der Waals surface area contributed by atoms with E-state index in [1.54, 1.807) is 0 Å². The molecule has 2 nitrogen and oxygen atoms in total. The van der Waals surface area contributed by atoms with Gasteiger partial charge in [-0.1, -0.05) is 19.3 Å². The predicted molar refractivity (Wildman–Crippen MR) is 71.9 cm³/mol. The van der Waals surface area contributed by atoms with E-state index in [9.17, 15) is 0 Å². The van der Waals surface area contributed by atoms with Gasteiger partial charge in [0.25, 0.3) is 0 Å². The Hall–Kier alpha value is -0.0800. The van der Waals surface area contributed by atoms with Crippen molar-refractivity contribution in [2.24, 2.45) is 5.41 Å². The monoisotopic (exact) mass is 226 g/mol. The maximum absolute atomic E-state index is 2.34. The molecule has 0 aromatic rings. The normalized spacial score (nSPS) is 20.6. The largest absolute Gasteiger partial charge is 0.309 e. The first-order valence-corrected chi connectivity index (χ1v) is 6.84. The van der Waals surface area contributed by atoms with Crippen molar-refractivity contribution < 1.29 is 0 Å². The van der Waals surface area contributed by atoms with Crippen molar-refractivity contribution in [1.82, 2.24) is 9.80 Å². The SMILES string of the molecule is CN(C)CCC1(CCN(C)C)CCCCC1. The smallest absolute Gasteiger partial charge is 0.00195 e. The summed E-state index contributed by atoms with van der Waals surface area (Å²) >= 11 is 0. The van der Waals surface area contributed by atoms with E-state index in [4.69, 9.17) is 0 Å². The zero-order chi connectivity index (χ0) is 12.0. The molecule has 0 radical (unpaired) electrons. The Kier molecular flexibility index (Phi) is 5.77. The topological polar surface area (TPSA) is 6.48 Å². The van der Waals surface area contributed by atoms with Crippen molar-refractivity contribution in [2.45, 2.75) is 44.9 Å². The van der Waals surface area contributed by atoms with Crippen LogP contribution < -0.4 is 0 Å². The molecule has 0 unspecified atom stereocenters. The highest BCUT2D eigenvalue weighted by Crippen LogP contribution is 2.42. The average molecular weight is 226 g/mol. The summed E-state index contributed by atoms with van der Waals surface area (Å²) in [5.74, 6) is 0. The minimum absolute atomic E-state index is 0.660. The summed E-state index contributed by atoms with van der Waals surface area (Å²) in [6.45, 7) is 2.51. The summed E-state index contributed by atoms with van der Waals surface area (Å²) in [5, 5.41) is 0. The van der Waals surface area contributed by atoms with Gasteiger partial charge in [-0.05, 0) is 72.4 Å². The van der Waals surface area contributed by atoms with E-state index in [0.29, 0.717) is 5.41 Å². The van der Waals surface area contributed by atoms with Crippen LogP contribution in [0.3, 0.4) is 0 Å².